The zero-order chi connectivity index (χ0) is 13.9. The van der Waals surface area contributed by atoms with Crippen LogP contribution in [0.3, 0.4) is 0 Å². The number of benzene rings is 2. The molecule has 0 fully saturated rings. The fourth-order valence-corrected chi connectivity index (χ4v) is 3.23. The van der Waals surface area contributed by atoms with Crippen LogP contribution >= 0.6 is 11.8 Å². The minimum Gasteiger partial charge on any atom is -0.207 e. The summed E-state index contributed by atoms with van der Waals surface area (Å²) in [5.74, 6) is -0.168. The van der Waals surface area contributed by atoms with Crippen molar-refractivity contribution < 1.29 is 4.39 Å². The van der Waals surface area contributed by atoms with E-state index < -0.39 is 0 Å². The van der Waals surface area contributed by atoms with E-state index >= 15 is 0 Å². The summed E-state index contributed by atoms with van der Waals surface area (Å²) in [7, 11) is 0. The molecule has 1 aliphatic carbocycles. The maximum Gasteiger partial charge on any atom is 0.123 e. The summed E-state index contributed by atoms with van der Waals surface area (Å²) in [5, 5.41) is 0. The fraction of sp³-hybridized carbons (Fsp3) is 0.222. The van der Waals surface area contributed by atoms with Gasteiger partial charge in [0.25, 0.3) is 0 Å². The molecular weight excluding hydrogens is 267 g/mol. The van der Waals surface area contributed by atoms with Gasteiger partial charge in [0.1, 0.15) is 5.82 Å². The molecule has 0 saturated heterocycles. The first-order chi connectivity index (χ1) is 9.78. The Morgan fingerprint density at radius 1 is 0.800 bits per heavy atom. The third-order valence-corrected chi connectivity index (χ3v) is 4.59. The second-order valence-corrected chi connectivity index (χ2v) is 5.93. The monoisotopic (exact) mass is 284 g/mol. The molecule has 2 heteroatoms. The Morgan fingerprint density at radius 2 is 1.30 bits per heavy atom. The predicted molar refractivity (Wildman–Crippen MR) is 85.3 cm³/mol. The summed E-state index contributed by atoms with van der Waals surface area (Å²) in [6.07, 6.45) is 5.48. The van der Waals surface area contributed by atoms with Gasteiger partial charge in [-0.25, -0.2) is 4.39 Å². The lowest BCUT2D eigenvalue weighted by molar-refractivity contribution is 0.627. The summed E-state index contributed by atoms with van der Waals surface area (Å²) >= 11 is 1.76. The Balaban J connectivity index is 2.00. The van der Waals surface area contributed by atoms with Crippen LogP contribution in [0.1, 0.15) is 30.4 Å². The normalized spacial score (nSPS) is 14.9. The first-order valence-corrected chi connectivity index (χ1v) is 8.13. The molecule has 0 unspecified atom stereocenters. The average molecular weight is 284 g/mol. The number of hydrogen-bond acceptors (Lipinski definition) is 1. The third kappa shape index (κ3) is 2.66. The maximum atomic E-state index is 13.1. The Morgan fingerprint density at radius 3 is 1.80 bits per heavy atom. The van der Waals surface area contributed by atoms with Crippen molar-refractivity contribution in [2.75, 3.05) is 6.26 Å². The smallest absolute Gasteiger partial charge is 0.123 e. The van der Waals surface area contributed by atoms with Crippen molar-refractivity contribution in [2.24, 2.45) is 0 Å². The molecule has 20 heavy (non-hydrogen) atoms. The van der Waals surface area contributed by atoms with Crippen molar-refractivity contribution >= 4 is 22.9 Å². The molecular formula is C18H17FS. The van der Waals surface area contributed by atoms with Gasteiger partial charge in [0.15, 0.2) is 0 Å². The maximum absolute atomic E-state index is 13.1. The van der Waals surface area contributed by atoms with Gasteiger partial charge in [0.2, 0.25) is 0 Å². The van der Waals surface area contributed by atoms with Crippen molar-refractivity contribution in [3.8, 4) is 0 Å². The molecule has 0 saturated carbocycles. The summed E-state index contributed by atoms with van der Waals surface area (Å²) in [4.78, 5) is 1.29. The Bertz CT molecular complexity index is 623. The molecule has 102 valence electrons. The largest absolute Gasteiger partial charge is 0.207 e. The van der Waals surface area contributed by atoms with E-state index in [4.69, 9.17) is 0 Å². The minimum absolute atomic E-state index is 0.168. The molecule has 0 radical (unpaired) electrons. The van der Waals surface area contributed by atoms with Crippen LogP contribution < -0.4 is 0 Å². The lowest BCUT2D eigenvalue weighted by atomic mass is 9.97. The zero-order valence-electron chi connectivity index (χ0n) is 11.5. The molecule has 0 nitrogen and oxygen atoms in total. The van der Waals surface area contributed by atoms with Crippen molar-refractivity contribution in [1.29, 1.82) is 0 Å². The van der Waals surface area contributed by atoms with E-state index in [1.54, 1.807) is 23.9 Å². The highest BCUT2D eigenvalue weighted by molar-refractivity contribution is 7.98. The SMILES string of the molecule is CSc1ccc(C2=C(c3ccc(F)cc3)CCC2)cc1. The van der Waals surface area contributed by atoms with Gasteiger partial charge in [-0.1, -0.05) is 24.3 Å². The van der Waals surface area contributed by atoms with Crippen molar-refractivity contribution in [1.82, 2.24) is 0 Å². The van der Waals surface area contributed by atoms with Gasteiger partial charge in [-0.15, -0.1) is 11.8 Å². The van der Waals surface area contributed by atoms with E-state index in [0.717, 1.165) is 18.4 Å². The van der Waals surface area contributed by atoms with Gasteiger partial charge in [-0.05, 0) is 72.1 Å². The Labute approximate surface area is 123 Å². The van der Waals surface area contributed by atoms with Gasteiger partial charge in [-0.3, -0.25) is 0 Å². The van der Waals surface area contributed by atoms with Gasteiger partial charge in [0.05, 0.1) is 0 Å². The molecule has 0 spiro atoms. The second-order valence-electron chi connectivity index (χ2n) is 5.05. The number of rotatable bonds is 3. The predicted octanol–water partition coefficient (Wildman–Crippen LogP) is 5.64. The van der Waals surface area contributed by atoms with E-state index in [9.17, 15) is 4.39 Å². The fourth-order valence-electron chi connectivity index (χ4n) is 2.82. The number of halogens is 1. The van der Waals surface area contributed by atoms with Crippen molar-refractivity contribution in [3.05, 3.63) is 65.5 Å². The molecule has 1 aliphatic rings. The van der Waals surface area contributed by atoms with Gasteiger partial charge in [0, 0.05) is 4.90 Å². The van der Waals surface area contributed by atoms with E-state index in [1.165, 1.54) is 28.0 Å². The van der Waals surface area contributed by atoms with Gasteiger partial charge >= 0.3 is 0 Å². The molecule has 0 N–H and O–H groups in total. The quantitative estimate of drug-likeness (QED) is 0.657. The van der Waals surface area contributed by atoms with Crippen LogP contribution in [0.15, 0.2) is 53.4 Å². The van der Waals surface area contributed by atoms with E-state index in [-0.39, 0.29) is 5.82 Å². The average Bonchev–Trinajstić information content (AvgIpc) is 2.97. The lowest BCUT2D eigenvalue weighted by Gasteiger charge is -2.09. The minimum atomic E-state index is -0.168. The second kappa shape index (κ2) is 5.84. The highest BCUT2D eigenvalue weighted by Crippen LogP contribution is 2.39. The van der Waals surface area contributed by atoms with Crippen LogP contribution in [0.25, 0.3) is 11.1 Å². The molecule has 0 aromatic heterocycles. The van der Waals surface area contributed by atoms with Crippen LogP contribution in [-0.4, -0.2) is 6.26 Å². The molecule has 0 atom stereocenters. The first kappa shape index (κ1) is 13.4. The molecule has 0 heterocycles. The van der Waals surface area contributed by atoms with Crippen molar-refractivity contribution in [3.63, 3.8) is 0 Å². The van der Waals surface area contributed by atoms with Crippen LogP contribution in [0, 0.1) is 5.82 Å². The Hall–Kier alpha value is -1.54. The molecule has 0 aliphatic heterocycles. The first-order valence-electron chi connectivity index (χ1n) is 6.90. The lowest BCUT2D eigenvalue weighted by Crippen LogP contribution is -1.87. The van der Waals surface area contributed by atoms with E-state index in [2.05, 4.69) is 30.5 Å². The number of thioether (sulfide) groups is 1. The van der Waals surface area contributed by atoms with E-state index in [1.807, 2.05) is 12.1 Å². The summed E-state index contributed by atoms with van der Waals surface area (Å²) in [6, 6.07) is 15.6. The molecule has 2 aromatic carbocycles. The van der Waals surface area contributed by atoms with Crippen LogP contribution in [0.4, 0.5) is 4.39 Å². The van der Waals surface area contributed by atoms with Crippen LogP contribution in [-0.2, 0) is 0 Å². The summed E-state index contributed by atoms with van der Waals surface area (Å²) in [6.45, 7) is 0. The molecule has 0 amide bonds. The number of allylic oxidation sites excluding steroid dienone is 2. The summed E-state index contributed by atoms with van der Waals surface area (Å²) < 4.78 is 13.1. The van der Waals surface area contributed by atoms with Crippen LogP contribution in [0.5, 0.6) is 0 Å². The highest BCUT2D eigenvalue weighted by atomic mass is 32.2. The topological polar surface area (TPSA) is 0 Å². The van der Waals surface area contributed by atoms with Crippen molar-refractivity contribution in [2.45, 2.75) is 24.2 Å². The molecule has 0 bridgehead atoms. The number of hydrogen-bond donors (Lipinski definition) is 0. The summed E-state index contributed by atoms with van der Waals surface area (Å²) in [5.41, 5.74) is 5.26. The standard InChI is InChI=1S/C18H17FS/c1-20-16-11-7-14(8-12-16)18-4-2-3-17(18)13-5-9-15(19)10-6-13/h5-12H,2-4H2,1H3. The highest BCUT2D eigenvalue weighted by Gasteiger charge is 2.17. The van der Waals surface area contributed by atoms with Gasteiger partial charge in [-0.2, -0.15) is 0 Å². The third-order valence-electron chi connectivity index (χ3n) is 3.85. The molecule has 3 rings (SSSR count). The van der Waals surface area contributed by atoms with Gasteiger partial charge < -0.3 is 0 Å². The van der Waals surface area contributed by atoms with Crippen LogP contribution in [0.2, 0.25) is 0 Å². The van der Waals surface area contributed by atoms with E-state index in [0.29, 0.717) is 0 Å². The zero-order valence-corrected chi connectivity index (χ0v) is 12.3. The molecule has 2 aromatic rings. The Kier molecular flexibility index (Phi) is 3.93.